The van der Waals surface area contributed by atoms with Crippen molar-refractivity contribution in [1.29, 1.82) is 0 Å². The van der Waals surface area contributed by atoms with E-state index in [4.69, 9.17) is 11.6 Å². The van der Waals surface area contributed by atoms with Gasteiger partial charge in [-0.05, 0) is 13.0 Å². The molecule has 0 N–H and O–H groups in total. The topological polar surface area (TPSA) is 17.1 Å². The summed E-state index contributed by atoms with van der Waals surface area (Å²) in [7, 11) is 0. The fourth-order valence-electron chi connectivity index (χ4n) is 0.837. The predicted molar refractivity (Wildman–Crippen MR) is 46.5 cm³/mol. The van der Waals surface area contributed by atoms with Gasteiger partial charge in [0, 0.05) is 17.0 Å². The van der Waals surface area contributed by atoms with Crippen LogP contribution in [0.4, 0.5) is 0 Å². The highest BCUT2D eigenvalue weighted by molar-refractivity contribution is 6.29. The molecule has 0 unspecified atom stereocenters. The summed E-state index contributed by atoms with van der Waals surface area (Å²) in [6.45, 7) is 1.54. The fourth-order valence-corrected chi connectivity index (χ4v) is 0.989. The van der Waals surface area contributed by atoms with E-state index in [1.807, 2.05) is 6.08 Å². The van der Waals surface area contributed by atoms with Crippen LogP contribution in [0.15, 0.2) is 34.9 Å². The molecule has 0 fully saturated rings. The summed E-state index contributed by atoms with van der Waals surface area (Å²) >= 11 is 5.75. The SMILES string of the molecule is CC(=O)C1=CC=C(Cl)CC=C1. The lowest BCUT2D eigenvalue weighted by molar-refractivity contribution is -0.113. The number of hydrogen-bond acceptors (Lipinski definition) is 1. The van der Waals surface area contributed by atoms with Crippen molar-refractivity contribution in [3.63, 3.8) is 0 Å². The lowest BCUT2D eigenvalue weighted by Gasteiger charge is -1.89. The van der Waals surface area contributed by atoms with Gasteiger partial charge in [0.05, 0.1) is 0 Å². The van der Waals surface area contributed by atoms with E-state index in [2.05, 4.69) is 0 Å². The molecule has 0 aromatic carbocycles. The van der Waals surface area contributed by atoms with Gasteiger partial charge < -0.3 is 0 Å². The van der Waals surface area contributed by atoms with Crippen molar-refractivity contribution >= 4 is 17.4 Å². The summed E-state index contributed by atoms with van der Waals surface area (Å²) < 4.78 is 0. The summed E-state index contributed by atoms with van der Waals surface area (Å²) in [5.41, 5.74) is 0.709. The Morgan fingerprint density at radius 3 is 2.91 bits per heavy atom. The minimum atomic E-state index is 0.0730. The van der Waals surface area contributed by atoms with Crippen LogP contribution in [0.1, 0.15) is 13.3 Å². The third-order valence-corrected chi connectivity index (χ3v) is 1.74. The van der Waals surface area contributed by atoms with Gasteiger partial charge in [0.2, 0.25) is 0 Å². The van der Waals surface area contributed by atoms with Crippen LogP contribution in [0.5, 0.6) is 0 Å². The highest BCUT2D eigenvalue weighted by Gasteiger charge is 2.00. The average Bonchev–Trinajstić information content (AvgIpc) is 2.13. The van der Waals surface area contributed by atoms with E-state index in [0.29, 0.717) is 5.57 Å². The monoisotopic (exact) mass is 168 g/mol. The van der Waals surface area contributed by atoms with Crippen LogP contribution in [0.25, 0.3) is 0 Å². The molecular weight excluding hydrogens is 160 g/mol. The van der Waals surface area contributed by atoms with Crippen molar-refractivity contribution < 1.29 is 4.79 Å². The number of halogens is 1. The standard InChI is InChI=1S/C9H9ClO/c1-7(11)8-3-2-4-9(10)6-5-8/h2-3,5-6H,4H2,1H3. The normalized spacial score (nSPS) is 16.9. The van der Waals surface area contributed by atoms with Crippen LogP contribution in [-0.4, -0.2) is 5.78 Å². The molecule has 0 spiro atoms. The number of Topliss-reactive ketones (excluding diaryl/α,β-unsaturated/α-hetero) is 1. The second kappa shape index (κ2) is 3.54. The molecule has 2 heteroatoms. The molecule has 0 aliphatic heterocycles. The first-order valence-electron chi connectivity index (χ1n) is 3.44. The molecule has 11 heavy (non-hydrogen) atoms. The van der Waals surface area contributed by atoms with Gasteiger partial charge in [-0.2, -0.15) is 0 Å². The molecule has 1 aliphatic rings. The van der Waals surface area contributed by atoms with Gasteiger partial charge in [0.15, 0.2) is 5.78 Å². The minimum absolute atomic E-state index is 0.0730. The van der Waals surface area contributed by atoms with E-state index in [-0.39, 0.29) is 5.78 Å². The quantitative estimate of drug-likeness (QED) is 0.588. The Kier molecular flexibility index (Phi) is 2.66. The predicted octanol–water partition coefficient (Wildman–Crippen LogP) is 2.58. The zero-order chi connectivity index (χ0) is 8.27. The third kappa shape index (κ3) is 2.35. The summed E-state index contributed by atoms with van der Waals surface area (Å²) in [6, 6.07) is 0. The van der Waals surface area contributed by atoms with E-state index >= 15 is 0 Å². The van der Waals surface area contributed by atoms with Crippen LogP contribution in [0, 0.1) is 0 Å². The number of carbonyl (C=O) groups excluding carboxylic acids is 1. The molecule has 1 rings (SSSR count). The molecular formula is C9H9ClO. The molecule has 0 saturated carbocycles. The third-order valence-electron chi connectivity index (χ3n) is 1.46. The zero-order valence-electron chi connectivity index (χ0n) is 6.30. The Morgan fingerprint density at radius 1 is 1.55 bits per heavy atom. The molecule has 0 atom stereocenters. The van der Waals surface area contributed by atoms with E-state index in [0.717, 1.165) is 11.5 Å². The van der Waals surface area contributed by atoms with Crippen molar-refractivity contribution in [3.05, 3.63) is 34.9 Å². The Hall–Kier alpha value is -0.820. The molecule has 0 heterocycles. The maximum absolute atomic E-state index is 10.9. The van der Waals surface area contributed by atoms with E-state index in [1.165, 1.54) is 0 Å². The number of ketones is 1. The fraction of sp³-hybridized carbons (Fsp3) is 0.222. The lowest BCUT2D eigenvalue weighted by atomic mass is 10.2. The van der Waals surface area contributed by atoms with Crippen molar-refractivity contribution in [2.75, 3.05) is 0 Å². The van der Waals surface area contributed by atoms with Gasteiger partial charge in [-0.25, -0.2) is 0 Å². The molecule has 1 aliphatic carbocycles. The lowest BCUT2D eigenvalue weighted by Crippen LogP contribution is -1.91. The molecule has 0 radical (unpaired) electrons. The van der Waals surface area contributed by atoms with E-state index in [9.17, 15) is 4.79 Å². The maximum atomic E-state index is 10.9. The van der Waals surface area contributed by atoms with E-state index in [1.54, 1.807) is 25.2 Å². The van der Waals surface area contributed by atoms with Crippen molar-refractivity contribution in [2.45, 2.75) is 13.3 Å². The van der Waals surface area contributed by atoms with Gasteiger partial charge in [-0.15, -0.1) is 0 Å². The highest BCUT2D eigenvalue weighted by atomic mass is 35.5. The molecule has 0 bridgehead atoms. The zero-order valence-corrected chi connectivity index (χ0v) is 7.06. The second-order valence-electron chi connectivity index (χ2n) is 2.40. The first kappa shape index (κ1) is 8.28. The van der Waals surface area contributed by atoms with Gasteiger partial charge in [-0.1, -0.05) is 29.8 Å². The van der Waals surface area contributed by atoms with Crippen LogP contribution in [0.3, 0.4) is 0 Å². The molecule has 0 saturated heterocycles. The van der Waals surface area contributed by atoms with Gasteiger partial charge >= 0.3 is 0 Å². The Balaban J connectivity index is 2.89. The molecule has 0 amide bonds. The molecule has 0 aromatic rings. The first-order chi connectivity index (χ1) is 5.20. The van der Waals surface area contributed by atoms with Crippen molar-refractivity contribution in [3.8, 4) is 0 Å². The van der Waals surface area contributed by atoms with Gasteiger partial charge in [0.25, 0.3) is 0 Å². The van der Waals surface area contributed by atoms with Gasteiger partial charge in [0.1, 0.15) is 0 Å². The van der Waals surface area contributed by atoms with Crippen LogP contribution in [0.2, 0.25) is 0 Å². The average molecular weight is 169 g/mol. The number of rotatable bonds is 1. The molecule has 1 nitrogen and oxygen atoms in total. The van der Waals surface area contributed by atoms with Crippen molar-refractivity contribution in [2.24, 2.45) is 0 Å². The number of hydrogen-bond donors (Lipinski definition) is 0. The number of allylic oxidation sites excluding steroid dienone is 6. The number of carbonyl (C=O) groups is 1. The summed E-state index contributed by atoms with van der Waals surface area (Å²) in [6.07, 6.45) is 7.91. The summed E-state index contributed by atoms with van der Waals surface area (Å²) in [5, 5.41) is 0.762. The van der Waals surface area contributed by atoms with Crippen molar-refractivity contribution in [1.82, 2.24) is 0 Å². The summed E-state index contributed by atoms with van der Waals surface area (Å²) in [5.74, 6) is 0.0730. The second-order valence-corrected chi connectivity index (χ2v) is 2.88. The summed E-state index contributed by atoms with van der Waals surface area (Å²) in [4.78, 5) is 10.9. The van der Waals surface area contributed by atoms with Crippen LogP contribution in [-0.2, 0) is 4.79 Å². The first-order valence-corrected chi connectivity index (χ1v) is 3.82. The maximum Gasteiger partial charge on any atom is 0.159 e. The Labute approximate surface area is 71.0 Å². The molecule has 0 aromatic heterocycles. The minimum Gasteiger partial charge on any atom is -0.295 e. The Morgan fingerprint density at radius 2 is 2.27 bits per heavy atom. The largest absolute Gasteiger partial charge is 0.295 e. The van der Waals surface area contributed by atoms with Crippen LogP contribution < -0.4 is 0 Å². The van der Waals surface area contributed by atoms with Gasteiger partial charge in [-0.3, -0.25) is 4.79 Å². The highest BCUT2D eigenvalue weighted by Crippen LogP contribution is 2.14. The molecule has 58 valence electrons. The smallest absolute Gasteiger partial charge is 0.159 e. The Bertz CT molecular complexity index is 259. The van der Waals surface area contributed by atoms with E-state index < -0.39 is 0 Å². The van der Waals surface area contributed by atoms with Crippen LogP contribution >= 0.6 is 11.6 Å².